The van der Waals surface area contributed by atoms with E-state index in [0.717, 1.165) is 10.0 Å². The summed E-state index contributed by atoms with van der Waals surface area (Å²) in [6.45, 7) is 3.52. The van der Waals surface area contributed by atoms with Gasteiger partial charge in [-0.25, -0.2) is 0 Å². The molecule has 26 heavy (non-hydrogen) atoms. The Morgan fingerprint density at radius 3 is 2.69 bits per heavy atom. The second-order valence-electron chi connectivity index (χ2n) is 7.02. The molecular formula is C20H21BrClNO3. The van der Waals surface area contributed by atoms with Crippen LogP contribution in [0.2, 0.25) is 5.02 Å². The van der Waals surface area contributed by atoms with Gasteiger partial charge < -0.3 is 15.2 Å². The minimum Gasteiger partial charge on any atom is -0.508 e. The number of ether oxygens (including phenoxy) is 1. The van der Waals surface area contributed by atoms with Crippen LogP contribution < -0.4 is 5.32 Å². The number of rotatable bonds is 3. The van der Waals surface area contributed by atoms with Gasteiger partial charge in [0.2, 0.25) is 5.91 Å². The first-order valence-corrected chi connectivity index (χ1v) is 9.61. The first kappa shape index (κ1) is 19.2. The summed E-state index contributed by atoms with van der Waals surface area (Å²) in [5.41, 5.74) is 1.19. The zero-order chi connectivity index (χ0) is 18.9. The molecule has 3 rings (SSSR count). The highest BCUT2D eigenvalue weighted by Crippen LogP contribution is 2.46. The van der Waals surface area contributed by atoms with Gasteiger partial charge >= 0.3 is 0 Å². The summed E-state index contributed by atoms with van der Waals surface area (Å²) in [6, 6.07) is 12.8. The van der Waals surface area contributed by atoms with Gasteiger partial charge in [0.25, 0.3) is 0 Å². The van der Waals surface area contributed by atoms with Crippen molar-refractivity contribution in [2.45, 2.75) is 44.4 Å². The van der Waals surface area contributed by atoms with Crippen molar-refractivity contribution in [3.63, 3.8) is 0 Å². The predicted molar refractivity (Wildman–Crippen MR) is 105 cm³/mol. The van der Waals surface area contributed by atoms with Crippen LogP contribution in [0.5, 0.6) is 5.75 Å². The van der Waals surface area contributed by atoms with Gasteiger partial charge in [-0.3, -0.25) is 4.79 Å². The first-order valence-electron chi connectivity index (χ1n) is 8.44. The van der Waals surface area contributed by atoms with Crippen molar-refractivity contribution in [3.05, 3.63) is 63.1 Å². The second-order valence-corrected chi connectivity index (χ2v) is 8.37. The molecule has 0 spiro atoms. The van der Waals surface area contributed by atoms with Crippen LogP contribution >= 0.6 is 27.5 Å². The molecule has 1 heterocycles. The lowest BCUT2D eigenvalue weighted by molar-refractivity contribution is -0.126. The van der Waals surface area contributed by atoms with Crippen molar-refractivity contribution in [2.75, 3.05) is 0 Å². The van der Waals surface area contributed by atoms with Gasteiger partial charge in [0, 0.05) is 40.4 Å². The Labute approximate surface area is 166 Å². The molecule has 0 bridgehead atoms. The number of carbonyl (C=O) groups is 1. The Morgan fingerprint density at radius 2 is 2.00 bits per heavy atom. The fourth-order valence-corrected chi connectivity index (χ4v) is 4.17. The molecule has 0 unspecified atom stereocenters. The van der Waals surface area contributed by atoms with E-state index in [1.807, 2.05) is 37.3 Å². The van der Waals surface area contributed by atoms with Crippen molar-refractivity contribution in [2.24, 2.45) is 0 Å². The summed E-state index contributed by atoms with van der Waals surface area (Å²) in [7, 11) is 0. The summed E-state index contributed by atoms with van der Waals surface area (Å²) >= 11 is 9.59. The Hall–Kier alpha value is -1.56. The van der Waals surface area contributed by atoms with Crippen LogP contribution in [0.1, 0.15) is 50.0 Å². The molecule has 0 saturated carbocycles. The molecular weight excluding hydrogens is 418 g/mol. The van der Waals surface area contributed by atoms with Crippen molar-refractivity contribution < 1.29 is 14.6 Å². The van der Waals surface area contributed by atoms with Crippen molar-refractivity contribution in [1.82, 2.24) is 5.32 Å². The summed E-state index contributed by atoms with van der Waals surface area (Å²) in [5.74, 6) is 0.0894. The van der Waals surface area contributed by atoms with E-state index < -0.39 is 5.54 Å². The molecule has 1 aliphatic heterocycles. The first-order chi connectivity index (χ1) is 12.3. The highest BCUT2D eigenvalue weighted by Gasteiger charge is 2.40. The van der Waals surface area contributed by atoms with Crippen LogP contribution in [-0.2, 0) is 9.53 Å². The van der Waals surface area contributed by atoms with E-state index in [1.54, 1.807) is 12.1 Å². The maximum atomic E-state index is 11.7. The Bertz CT molecular complexity index is 828. The lowest BCUT2D eigenvalue weighted by Crippen LogP contribution is -2.50. The van der Waals surface area contributed by atoms with E-state index in [1.165, 1.54) is 6.92 Å². The molecule has 3 atom stereocenters. The highest BCUT2D eigenvalue weighted by molar-refractivity contribution is 9.10. The Balaban J connectivity index is 1.99. The van der Waals surface area contributed by atoms with E-state index in [2.05, 4.69) is 21.2 Å². The van der Waals surface area contributed by atoms with Gasteiger partial charge in [0.15, 0.2) is 0 Å². The van der Waals surface area contributed by atoms with Gasteiger partial charge in [-0.05, 0) is 42.8 Å². The molecule has 0 aromatic heterocycles. The van der Waals surface area contributed by atoms with Gasteiger partial charge in [-0.1, -0.05) is 39.7 Å². The van der Waals surface area contributed by atoms with Crippen molar-refractivity contribution >= 4 is 33.4 Å². The monoisotopic (exact) mass is 437 g/mol. The lowest BCUT2D eigenvalue weighted by atomic mass is 9.81. The number of halogens is 2. The third-order valence-corrected chi connectivity index (χ3v) is 5.36. The number of amides is 1. The van der Waals surface area contributed by atoms with Crippen LogP contribution in [-0.4, -0.2) is 16.6 Å². The van der Waals surface area contributed by atoms with Gasteiger partial charge in [-0.15, -0.1) is 0 Å². The number of hydrogen-bond donors (Lipinski definition) is 2. The summed E-state index contributed by atoms with van der Waals surface area (Å²) < 4.78 is 7.20. The molecule has 1 amide bonds. The van der Waals surface area contributed by atoms with Crippen LogP contribution in [0.3, 0.4) is 0 Å². The fourth-order valence-electron chi connectivity index (χ4n) is 3.59. The molecule has 0 aliphatic carbocycles. The largest absolute Gasteiger partial charge is 0.508 e. The average Bonchev–Trinajstić information content (AvgIpc) is 2.55. The van der Waals surface area contributed by atoms with E-state index in [9.17, 15) is 9.90 Å². The van der Waals surface area contributed by atoms with E-state index >= 15 is 0 Å². The van der Waals surface area contributed by atoms with Crippen LogP contribution in [0.4, 0.5) is 0 Å². The molecule has 2 aromatic carbocycles. The minimum absolute atomic E-state index is 0.0866. The number of phenolic OH excluding ortho intramolecular Hbond substituents is 1. The molecule has 0 radical (unpaired) electrons. The van der Waals surface area contributed by atoms with E-state index in [4.69, 9.17) is 16.3 Å². The SMILES string of the molecule is CC(=O)N[C@]1(C)C[C@@H](c2cccc(Cl)c2)O[C@@H](c2cc(Br)ccc2O)C1. The zero-order valence-electron chi connectivity index (χ0n) is 14.6. The normalized spacial score (nSPS) is 25.7. The number of benzene rings is 2. The standard InChI is InChI=1S/C20H21BrClNO3/c1-12(24)23-20(2)10-18(13-4-3-5-15(22)8-13)26-19(11-20)16-9-14(21)6-7-17(16)25/h3-9,18-19,25H,10-11H2,1-2H3,(H,23,24)/t18-,19+,20+/m0/s1. The topological polar surface area (TPSA) is 58.6 Å². The quantitative estimate of drug-likeness (QED) is 0.684. The van der Waals surface area contributed by atoms with E-state index in [-0.39, 0.29) is 23.9 Å². The highest BCUT2D eigenvalue weighted by atomic mass is 79.9. The minimum atomic E-state index is -0.462. The number of hydrogen-bond acceptors (Lipinski definition) is 3. The molecule has 1 aliphatic rings. The Morgan fingerprint density at radius 1 is 1.27 bits per heavy atom. The maximum absolute atomic E-state index is 11.7. The van der Waals surface area contributed by atoms with Gasteiger partial charge in [0.1, 0.15) is 5.75 Å². The number of aromatic hydroxyl groups is 1. The average molecular weight is 439 g/mol. The smallest absolute Gasteiger partial charge is 0.217 e. The fraction of sp³-hybridized carbons (Fsp3) is 0.350. The summed E-state index contributed by atoms with van der Waals surface area (Å²) in [6.07, 6.45) is 0.580. The number of carbonyl (C=O) groups excluding carboxylic acids is 1. The predicted octanol–water partition coefficient (Wildman–Crippen LogP) is 5.30. The third-order valence-electron chi connectivity index (χ3n) is 4.64. The van der Waals surface area contributed by atoms with Crippen LogP contribution in [0.25, 0.3) is 0 Å². The second kappa shape index (κ2) is 7.59. The molecule has 2 N–H and O–H groups in total. The Kier molecular flexibility index (Phi) is 5.61. The van der Waals surface area contributed by atoms with E-state index in [0.29, 0.717) is 23.4 Å². The van der Waals surface area contributed by atoms with Crippen molar-refractivity contribution in [1.29, 1.82) is 0 Å². The lowest BCUT2D eigenvalue weighted by Gasteiger charge is -2.43. The zero-order valence-corrected chi connectivity index (χ0v) is 17.0. The number of phenols is 1. The summed E-state index contributed by atoms with van der Waals surface area (Å²) in [5, 5.41) is 14.0. The maximum Gasteiger partial charge on any atom is 0.217 e. The summed E-state index contributed by atoms with van der Waals surface area (Å²) in [4.78, 5) is 11.7. The number of nitrogens with one attached hydrogen (secondary N) is 1. The van der Waals surface area contributed by atoms with Crippen molar-refractivity contribution in [3.8, 4) is 5.75 Å². The molecule has 138 valence electrons. The molecule has 1 fully saturated rings. The van der Waals surface area contributed by atoms with Gasteiger partial charge in [0.05, 0.1) is 12.2 Å². The molecule has 4 nitrogen and oxygen atoms in total. The molecule has 1 saturated heterocycles. The third kappa shape index (κ3) is 4.40. The van der Waals surface area contributed by atoms with Gasteiger partial charge in [-0.2, -0.15) is 0 Å². The molecule has 2 aromatic rings. The van der Waals surface area contributed by atoms with Crippen LogP contribution in [0.15, 0.2) is 46.9 Å². The molecule has 6 heteroatoms. The van der Waals surface area contributed by atoms with Crippen LogP contribution in [0, 0.1) is 0 Å².